The lowest BCUT2D eigenvalue weighted by molar-refractivity contribution is -0.135. The van der Waals surface area contributed by atoms with Crippen molar-refractivity contribution >= 4 is 17.1 Å². The number of halogens is 5. The lowest BCUT2D eigenvalue weighted by Crippen LogP contribution is -2.24. The summed E-state index contributed by atoms with van der Waals surface area (Å²) in [4.78, 5) is 23.7. The molecule has 0 aliphatic rings. The Kier molecular flexibility index (Phi) is 4.26. The highest BCUT2D eigenvalue weighted by atomic mass is 19.2. The van der Waals surface area contributed by atoms with Crippen LogP contribution >= 0.6 is 0 Å². The molecule has 0 saturated heterocycles. The molecule has 0 atom stereocenters. The van der Waals surface area contributed by atoms with E-state index in [4.69, 9.17) is 4.42 Å². The fourth-order valence-electron chi connectivity index (χ4n) is 2.27. The Morgan fingerprint density at radius 1 is 1.04 bits per heavy atom. The summed E-state index contributed by atoms with van der Waals surface area (Å²) in [5.74, 6) is -15.6. The fourth-order valence-corrected chi connectivity index (χ4v) is 2.27. The van der Waals surface area contributed by atoms with Crippen LogP contribution in [-0.4, -0.2) is 10.5 Å². The number of benzene rings is 2. The van der Waals surface area contributed by atoms with Crippen LogP contribution in [0.5, 0.6) is 5.75 Å². The number of aromatic nitrogens is 1. The number of nitrogens with zero attached hydrogens (tertiary/aromatic N) is 1. The Bertz CT molecular complexity index is 1070. The predicted octanol–water partition coefficient (Wildman–Crippen LogP) is 3.20. The van der Waals surface area contributed by atoms with Gasteiger partial charge >= 0.3 is 11.7 Å². The molecule has 3 aromatic rings. The van der Waals surface area contributed by atoms with Gasteiger partial charge in [-0.1, -0.05) is 6.07 Å². The normalized spacial score (nSPS) is 11.2. The molecule has 1 aromatic heterocycles. The average Bonchev–Trinajstić information content (AvgIpc) is 2.89. The largest absolute Gasteiger partial charge is 0.420 e. The topological polar surface area (TPSA) is 61.4 Å². The zero-order valence-corrected chi connectivity index (χ0v) is 12.9. The molecule has 2 aromatic carbocycles. The molecule has 0 saturated carbocycles. The molecule has 0 aliphatic heterocycles. The lowest BCUT2D eigenvalue weighted by atomic mass is 10.2. The van der Waals surface area contributed by atoms with Gasteiger partial charge in [0.1, 0.15) is 6.54 Å². The van der Waals surface area contributed by atoms with Crippen LogP contribution in [0.25, 0.3) is 11.1 Å². The van der Waals surface area contributed by atoms with Crippen molar-refractivity contribution < 1.29 is 35.9 Å². The predicted molar refractivity (Wildman–Crippen MR) is 77.1 cm³/mol. The number of carbonyl (C=O) groups excluding carboxylic acids is 1. The van der Waals surface area contributed by atoms with E-state index in [1.165, 1.54) is 12.1 Å². The minimum atomic E-state index is -2.38. The standard InChI is InChI=1S/C16H8F5NO4/c1-6-2-3-7-8(4-6)25-16(24)22(7)5-9(23)26-15-13(20)11(18)10(17)12(19)14(15)21/h2-4H,5H2,1H3. The first-order chi connectivity index (χ1) is 12.2. The van der Waals surface area contributed by atoms with E-state index in [0.717, 1.165) is 10.1 Å². The van der Waals surface area contributed by atoms with Crippen molar-refractivity contribution in [3.63, 3.8) is 0 Å². The van der Waals surface area contributed by atoms with Crippen molar-refractivity contribution in [1.82, 2.24) is 4.57 Å². The van der Waals surface area contributed by atoms with Gasteiger partial charge in [0, 0.05) is 0 Å². The maximum atomic E-state index is 13.5. The van der Waals surface area contributed by atoms with Crippen molar-refractivity contribution in [3.8, 4) is 5.75 Å². The number of rotatable bonds is 3. The molecule has 5 nitrogen and oxygen atoms in total. The van der Waals surface area contributed by atoms with Gasteiger partial charge in [-0.15, -0.1) is 0 Å². The molecule has 0 amide bonds. The van der Waals surface area contributed by atoms with E-state index in [2.05, 4.69) is 4.74 Å². The van der Waals surface area contributed by atoms with Crippen LogP contribution in [0.15, 0.2) is 27.4 Å². The zero-order chi connectivity index (χ0) is 19.2. The number of fused-ring (bicyclic) bond motifs is 1. The second-order valence-electron chi connectivity index (χ2n) is 5.30. The summed E-state index contributed by atoms with van der Waals surface area (Å²) >= 11 is 0. The van der Waals surface area contributed by atoms with Gasteiger partial charge in [0.05, 0.1) is 5.52 Å². The van der Waals surface area contributed by atoms with Gasteiger partial charge in [-0.25, -0.2) is 22.8 Å². The minimum absolute atomic E-state index is 0.152. The van der Waals surface area contributed by atoms with E-state index in [9.17, 15) is 31.5 Å². The molecule has 1 heterocycles. The van der Waals surface area contributed by atoms with E-state index in [1.807, 2.05) is 0 Å². The van der Waals surface area contributed by atoms with Crippen LogP contribution < -0.4 is 10.5 Å². The first-order valence-electron chi connectivity index (χ1n) is 7.02. The van der Waals surface area contributed by atoms with Crippen LogP contribution in [0.2, 0.25) is 0 Å². The summed E-state index contributed by atoms with van der Waals surface area (Å²) in [5.41, 5.74) is 1.11. The Hall–Kier alpha value is -3.17. The molecule has 0 unspecified atom stereocenters. The SMILES string of the molecule is Cc1ccc2c(c1)oc(=O)n2CC(=O)Oc1c(F)c(F)c(F)c(F)c1F. The molecule has 10 heteroatoms. The highest BCUT2D eigenvalue weighted by Crippen LogP contribution is 2.29. The summed E-state index contributed by atoms with van der Waals surface area (Å²) in [6.45, 7) is 0.864. The van der Waals surface area contributed by atoms with Gasteiger partial charge in [0.25, 0.3) is 0 Å². The highest BCUT2D eigenvalue weighted by molar-refractivity contribution is 5.78. The summed E-state index contributed by atoms with van der Waals surface area (Å²) in [6, 6.07) is 4.59. The van der Waals surface area contributed by atoms with Gasteiger partial charge in [-0.3, -0.25) is 4.57 Å². The maximum Gasteiger partial charge on any atom is 0.420 e. The van der Waals surface area contributed by atoms with Crippen LogP contribution in [0.3, 0.4) is 0 Å². The Morgan fingerprint density at radius 3 is 2.23 bits per heavy atom. The van der Waals surface area contributed by atoms with Gasteiger partial charge in [-0.05, 0) is 24.6 Å². The van der Waals surface area contributed by atoms with Crippen molar-refractivity contribution in [2.24, 2.45) is 0 Å². The monoisotopic (exact) mass is 373 g/mol. The molecule has 0 aliphatic carbocycles. The van der Waals surface area contributed by atoms with Crippen LogP contribution in [0, 0.1) is 36.0 Å². The van der Waals surface area contributed by atoms with Gasteiger partial charge in [0.2, 0.25) is 34.8 Å². The average molecular weight is 373 g/mol. The van der Waals surface area contributed by atoms with Gasteiger partial charge in [0.15, 0.2) is 5.58 Å². The third-order valence-electron chi connectivity index (χ3n) is 3.50. The number of hydrogen-bond donors (Lipinski definition) is 0. The molecule has 26 heavy (non-hydrogen) atoms. The summed E-state index contributed by atoms with van der Waals surface area (Å²) in [6.07, 6.45) is 0. The molecule has 0 fully saturated rings. The Labute approximate surface area is 141 Å². The number of hydrogen-bond acceptors (Lipinski definition) is 4. The molecule has 136 valence electrons. The number of oxazole rings is 1. The van der Waals surface area contributed by atoms with Gasteiger partial charge in [-0.2, -0.15) is 8.78 Å². The molecular weight excluding hydrogens is 365 g/mol. The van der Waals surface area contributed by atoms with Crippen molar-refractivity contribution in [2.45, 2.75) is 13.5 Å². The zero-order valence-electron chi connectivity index (χ0n) is 12.9. The summed E-state index contributed by atoms with van der Waals surface area (Å²) in [5, 5.41) is 0. The second kappa shape index (κ2) is 6.28. The second-order valence-corrected chi connectivity index (χ2v) is 5.30. The molecule has 0 spiro atoms. The van der Waals surface area contributed by atoms with Crippen LogP contribution in [0.4, 0.5) is 22.0 Å². The first-order valence-corrected chi connectivity index (χ1v) is 7.02. The quantitative estimate of drug-likeness (QED) is 0.233. The smallest absolute Gasteiger partial charge is 0.419 e. The molecule has 0 radical (unpaired) electrons. The lowest BCUT2D eigenvalue weighted by Gasteiger charge is -2.09. The number of ether oxygens (including phenoxy) is 1. The summed E-state index contributed by atoms with van der Waals surface area (Å²) < 4.78 is 76.2. The number of carbonyl (C=O) groups is 1. The van der Waals surface area contributed by atoms with E-state index >= 15 is 0 Å². The number of aryl methyl sites for hydroxylation is 1. The van der Waals surface area contributed by atoms with Crippen molar-refractivity contribution in [2.75, 3.05) is 0 Å². The van der Waals surface area contributed by atoms with Crippen molar-refractivity contribution in [3.05, 3.63) is 63.4 Å². The fraction of sp³-hybridized carbons (Fsp3) is 0.125. The Balaban J connectivity index is 1.94. The van der Waals surface area contributed by atoms with E-state index in [0.29, 0.717) is 0 Å². The van der Waals surface area contributed by atoms with E-state index in [-0.39, 0.29) is 11.1 Å². The highest BCUT2D eigenvalue weighted by Gasteiger charge is 2.29. The van der Waals surface area contributed by atoms with E-state index in [1.54, 1.807) is 13.0 Å². The molecule has 3 rings (SSSR count). The van der Waals surface area contributed by atoms with Gasteiger partial charge < -0.3 is 9.15 Å². The molecule has 0 bridgehead atoms. The first kappa shape index (κ1) is 17.6. The van der Waals surface area contributed by atoms with Crippen LogP contribution in [-0.2, 0) is 11.3 Å². The third kappa shape index (κ3) is 2.83. The summed E-state index contributed by atoms with van der Waals surface area (Å²) in [7, 11) is 0. The minimum Gasteiger partial charge on any atom is -0.419 e. The Morgan fingerprint density at radius 2 is 1.62 bits per heavy atom. The number of esters is 1. The third-order valence-corrected chi connectivity index (χ3v) is 3.50. The van der Waals surface area contributed by atoms with Crippen LogP contribution in [0.1, 0.15) is 5.56 Å². The maximum absolute atomic E-state index is 13.5. The van der Waals surface area contributed by atoms with Crippen molar-refractivity contribution in [1.29, 1.82) is 0 Å². The molecule has 0 N–H and O–H groups in total. The van der Waals surface area contributed by atoms with E-state index < -0.39 is 53.1 Å². The molecular formula is C16H8F5NO4.